The Morgan fingerprint density at radius 2 is 2.03 bits per heavy atom. The molecule has 0 saturated heterocycles. The number of likely N-dealkylation sites (N-methyl/N-ethyl adjacent to an activating group) is 1. The van der Waals surface area contributed by atoms with Gasteiger partial charge >= 0.3 is 0 Å². The molecule has 7 nitrogen and oxygen atoms in total. The van der Waals surface area contributed by atoms with Crippen molar-refractivity contribution in [1.82, 2.24) is 20.5 Å². The third-order valence-electron chi connectivity index (χ3n) is 5.14. The van der Waals surface area contributed by atoms with Gasteiger partial charge in [0.15, 0.2) is 5.96 Å². The summed E-state index contributed by atoms with van der Waals surface area (Å²) in [6.07, 6.45) is 3.58. The van der Waals surface area contributed by atoms with Crippen LogP contribution >= 0.6 is 0 Å². The third-order valence-corrected chi connectivity index (χ3v) is 5.14. The van der Waals surface area contributed by atoms with Crippen LogP contribution in [0.15, 0.2) is 47.6 Å². The number of rotatable bonds is 11. The maximum absolute atomic E-state index is 12.5. The van der Waals surface area contributed by atoms with Gasteiger partial charge in [0.1, 0.15) is 5.75 Å². The topological polar surface area (TPSA) is 78.9 Å². The van der Waals surface area contributed by atoms with Crippen molar-refractivity contribution < 1.29 is 9.53 Å². The number of guanidine groups is 1. The maximum atomic E-state index is 12.5. The van der Waals surface area contributed by atoms with Crippen LogP contribution in [0, 0.1) is 6.92 Å². The maximum Gasteiger partial charge on any atom is 0.241 e. The average Bonchev–Trinajstić information content (AvgIpc) is 2.80. The van der Waals surface area contributed by atoms with E-state index in [1.165, 1.54) is 0 Å². The number of carbonyl (C=O) groups is 1. The Bertz CT molecular complexity index is 870. The van der Waals surface area contributed by atoms with Gasteiger partial charge in [0.2, 0.25) is 5.91 Å². The fraction of sp³-hybridized carbons (Fsp3) is 0.480. The smallest absolute Gasteiger partial charge is 0.241 e. The van der Waals surface area contributed by atoms with E-state index in [-0.39, 0.29) is 18.6 Å². The van der Waals surface area contributed by atoms with Gasteiger partial charge in [-0.15, -0.1) is 0 Å². The van der Waals surface area contributed by atoms with Gasteiger partial charge in [-0.2, -0.15) is 0 Å². The largest absolute Gasteiger partial charge is 0.490 e. The summed E-state index contributed by atoms with van der Waals surface area (Å²) in [5, 5.41) is 6.35. The molecule has 0 radical (unpaired) electrons. The molecular formula is C25H37N5O2. The number of nitrogens with one attached hydrogen (secondary N) is 2. The first-order valence-corrected chi connectivity index (χ1v) is 11.3. The molecule has 1 amide bonds. The summed E-state index contributed by atoms with van der Waals surface area (Å²) in [5.74, 6) is 1.47. The molecule has 1 aromatic heterocycles. The molecule has 32 heavy (non-hydrogen) atoms. The van der Waals surface area contributed by atoms with Gasteiger partial charge in [-0.05, 0) is 51.0 Å². The highest BCUT2D eigenvalue weighted by molar-refractivity contribution is 5.86. The minimum Gasteiger partial charge on any atom is -0.490 e. The summed E-state index contributed by atoms with van der Waals surface area (Å²) < 4.78 is 6.08. The lowest BCUT2D eigenvalue weighted by molar-refractivity contribution is -0.128. The minimum atomic E-state index is 0.00247. The second-order valence-electron chi connectivity index (χ2n) is 7.88. The van der Waals surface area contributed by atoms with E-state index in [9.17, 15) is 4.79 Å². The lowest BCUT2D eigenvalue weighted by atomic mass is 10.1. The van der Waals surface area contributed by atoms with Gasteiger partial charge in [-0.25, -0.2) is 4.99 Å². The van der Waals surface area contributed by atoms with Crippen molar-refractivity contribution in [2.24, 2.45) is 4.99 Å². The van der Waals surface area contributed by atoms with E-state index in [0.717, 1.165) is 35.4 Å². The van der Waals surface area contributed by atoms with Crippen LogP contribution in [0.1, 0.15) is 44.0 Å². The zero-order chi connectivity index (χ0) is 23.3. The van der Waals surface area contributed by atoms with Gasteiger partial charge in [-0.3, -0.25) is 9.78 Å². The van der Waals surface area contributed by atoms with Crippen molar-refractivity contribution in [3.8, 4) is 5.75 Å². The molecule has 1 heterocycles. The minimum absolute atomic E-state index is 0.00247. The molecule has 7 heteroatoms. The number of carbonyl (C=O) groups excluding carboxylic acids is 1. The first kappa shape index (κ1) is 25.2. The molecule has 2 N–H and O–H groups in total. The number of amides is 1. The number of ether oxygens (including phenoxy) is 1. The van der Waals surface area contributed by atoms with Crippen LogP contribution in [0.4, 0.5) is 0 Å². The number of aryl methyl sites for hydroxylation is 1. The molecule has 0 aliphatic rings. The molecule has 2 rings (SSSR count). The van der Waals surface area contributed by atoms with Crippen LogP contribution in [0.25, 0.3) is 0 Å². The fourth-order valence-electron chi connectivity index (χ4n) is 2.96. The molecule has 0 spiro atoms. The predicted molar refractivity (Wildman–Crippen MR) is 130 cm³/mol. The lowest BCUT2D eigenvalue weighted by Crippen LogP contribution is -2.44. The lowest BCUT2D eigenvalue weighted by Gasteiger charge is -2.19. The van der Waals surface area contributed by atoms with Crippen molar-refractivity contribution >= 4 is 11.9 Å². The molecule has 0 aliphatic carbocycles. The number of aliphatic imine (C=N–C) groups is 1. The highest BCUT2D eigenvalue weighted by Crippen LogP contribution is 2.23. The molecule has 1 atom stereocenters. The van der Waals surface area contributed by atoms with Gasteiger partial charge in [0, 0.05) is 44.0 Å². The van der Waals surface area contributed by atoms with Crippen LogP contribution < -0.4 is 15.4 Å². The monoisotopic (exact) mass is 439 g/mol. The van der Waals surface area contributed by atoms with E-state index < -0.39 is 0 Å². The molecule has 0 aliphatic heterocycles. The van der Waals surface area contributed by atoms with Crippen LogP contribution in [0.2, 0.25) is 0 Å². The molecule has 0 saturated carbocycles. The Morgan fingerprint density at radius 1 is 1.22 bits per heavy atom. The predicted octanol–water partition coefficient (Wildman–Crippen LogP) is 3.32. The van der Waals surface area contributed by atoms with Gasteiger partial charge < -0.3 is 20.3 Å². The van der Waals surface area contributed by atoms with E-state index in [1.807, 2.05) is 32.2 Å². The van der Waals surface area contributed by atoms with Crippen LogP contribution in [-0.4, -0.2) is 54.5 Å². The zero-order valence-electron chi connectivity index (χ0n) is 20.0. The number of pyridine rings is 1. The second-order valence-corrected chi connectivity index (χ2v) is 7.88. The van der Waals surface area contributed by atoms with Crippen molar-refractivity contribution in [3.63, 3.8) is 0 Å². The van der Waals surface area contributed by atoms with E-state index >= 15 is 0 Å². The van der Waals surface area contributed by atoms with Gasteiger partial charge in [0.05, 0.1) is 19.2 Å². The highest BCUT2D eigenvalue weighted by atomic mass is 16.5. The molecule has 1 aromatic carbocycles. The molecule has 0 bridgehead atoms. The molecule has 1 unspecified atom stereocenters. The van der Waals surface area contributed by atoms with E-state index in [4.69, 9.17) is 4.74 Å². The first-order valence-electron chi connectivity index (χ1n) is 11.3. The molecule has 2 aromatic rings. The Balaban J connectivity index is 1.94. The number of benzene rings is 1. The summed E-state index contributed by atoms with van der Waals surface area (Å²) in [4.78, 5) is 23.2. The normalized spacial score (nSPS) is 12.2. The van der Waals surface area contributed by atoms with E-state index in [0.29, 0.717) is 25.6 Å². The molecule has 174 valence electrons. The fourth-order valence-corrected chi connectivity index (χ4v) is 2.96. The Labute approximate surface area is 192 Å². The van der Waals surface area contributed by atoms with E-state index in [2.05, 4.69) is 59.6 Å². The van der Waals surface area contributed by atoms with Crippen molar-refractivity contribution in [2.45, 2.75) is 53.2 Å². The van der Waals surface area contributed by atoms with Crippen LogP contribution in [0.5, 0.6) is 5.75 Å². The number of hydrogen-bond acceptors (Lipinski definition) is 4. The van der Waals surface area contributed by atoms with Gasteiger partial charge in [-0.1, -0.05) is 25.1 Å². The Kier molecular flexibility index (Phi) is 10.5. The quantitative estimate of drug-likeness (QED) is 0.415. The van der Waals surface area contributed by atoms with Gasteiger partial charge in [0.25, 0.3) is 0 Å². The molecular weight excluding hydrogens is 402 g/mol. The summed E-state index contributed by atoms with van der Waals surface area (Å²) in [6.45, 7) is 10.2. The third kappa shape index (κ3) is 8.57. The summed E-state index contributed by atoms with van der Waals surface area (Å²) in [5.41, 5.74) is 3.15. The molecule has 0 fully saturated rings. The van der Waals surface area contributed by atoms with E-state index in [1.54, 1.807) is 11.1 Å². The first-order chi connectivity index (χ1) is 15.4. The number of hydrogen-bond donors (Lipinski definition) is 2. The van der Waals surface area contributed by atoms with Crippen molar-refractivity contribution in [1.29, 1.82) is 0 Å². The summed E-state index contributed by atoms with van der Waals surface area (Å²) >= 11 is 0. The number of aromatic nitrogens is 1. The number of nitrogens with zero attached hydrogens (tertiary/aromatic N) is 3. The van der Waals surface area contributed by atoms with Crippen LogP contribution in [-0.2, 0) is 17.8 Å². The zero-order valence-corrected chi connectivity index (χ0v) is 20.0. The summed E-state index contributed by atoms with van der Waals surface area (Å²) in [6, 6.07) is 12.0. The SMILES string of the molecule is CCNC(=NCc1ccc(C)cc1OC(C)CC)NCC(=O)N(C)CCc1ccccn1. The Morgan fingerprint density at radius 3 is 2.72 bits per heavy atom. The second kappa shape index (κ2) is 13.3. The van der Waals surface area contributed by atoms with Crippen molar-refractivity contribution in [2.75, 3.05) is 26.7 Å². The highest BCUT2D eigenvalue weighted by Gasteiger charge is 2.11. The Hall–Kier alpha value is -3.09. The standard InChI is InChI=1S/C25H37N5O2/c1-6-20(4)32-23-16-19(3)11-12-21(23)17-28-25(26-7-2)29-18-24(31)30(5)15-13-22-10-8-9-14-27-22/h8-12,14,16,20H,6-7,13,15,17-18H2,1-5H3,(H2,26,28,29). The van der Waals surface area contributed by atoms with Crippen LogP contribution in [0.3, 0.4) is 0 Å². The summed E-state index contributed by atoms with van der Waals surface area (Å²) in [7, 11) is 1.81. The average molecular weight is 440 g/mol. The van der Waals surface area contributed by atoms with Crippen molar-refractivity contribution in [3.05, 3.63) is 59.4 Å².